The van der Waals surface area contributed by atoms with Crippen LogP contribution in [0.15, 0.2) is 4.79 Å². The molecule has 0 saturated carbocycles. The third kappa shape index (κ3) is 1.98. The molecule has 1 aromatic heterocycles. The van der Waals surface area contributed by atoms with Crippen LogP contribution in [0.4, 0.5) is 0 Å². The van der Waals surface area contributed by atoms with Crippen molar-refractivity contribution in [2.45, 2.75) is 13.8 Å². The summed E-state index contributed by atoms with van der Waals surface area (Å²) in [6.45, 7) is 3.31. The van der Waals surface area contributed by atoms with Gasteiger partial charge in [-0.2, -0.15) is 5.10 Å². The monoisotopic (exact) mass is 212 g/mol. The normalized spacial score (nSPS) is 10.1. The summed E-state index contributed by atoms with van der Waals surface area (Å²) in [5.74, 6) is -1.13. The summed E-state index contributed by atoms with van der Waals surface area (Å²) in [7, 11) is 1.35. The number of aromatic nitrogens is 2. The van der Waals surface area contributed by atoms with Crippen LogP contribution in [-0.4, -0.2) is 27.5 Å². The van der Waals surface area contributed by atoms with Gasteiger partial charge in [-0.3, -0.25) is 4.79 Å². The van der Waals surface area contributed by atoms with Gasteiger partial charge in [0.2, 0.25) is 0 Å². The third-order valence-corrected chi connectivity index (χ3v) is 1.93. The zero-order valence-corrected chi connectivity index (χ0v) is 8.77. The number of nitrogens with zero attached hydrogens (tertiary/aromatic N) is 2. The lowest BCUT2D eigenvalue weighted by molar-refractivity contribution is 0.0514. The Balaban J connectivity index is 3.32. The van der Waals surface area contributed by atoms with Crippen LogP contribution in [0, 0.1) is 6.92 Å². The van der Waals surface area contributed by atoms with E-state index in [-0.39, 0.29) is 17.9 Å². The fourth-order valence-corrected chi connectivity index (χ4v) is 1.09. The van der Waals surface area contributed by atoms with Crippen molar-refractivity contribution in [3.05, 3.63) is 21.6 Å². The molecule has 82 valence electrons. The van der Waals surface area contributed by atoms with Gasteiger partial charge in [0.05, 0.1) is 6.61 Å². The lowest BCUT2D eigenvalue weighted by Crippen LogP contribution is -2.24. The molecule has 1 heterocycles. The molecule has 1 rings (SSSR count). The van der Waals surface area contributed by atoms with Crippen molar-refractivity contribution in [3.63, 3.8) is 0 Å². The number of esters is 1. The molecule has 6 heteroatoms. The van der Waals surface area contributed by atoms with Crippen LogP contribution in [0.3, 0.4) is 0 Å². The van der Waals surface area contributed by atoms with Crippen molar-refractivity contribution in [2.75, 3.05) is 6.61 Å². The van der Waals surface area contributed by atoms with Crippen molar-refractivity contribution in [3.8, 4) is 5.75 Å². The van der Waals surface area contributed by atoms with Crippen LogP contribution < -0.4 is 5.56 Å². The van der Waals surface area contributed by atoms with Gasteiger partial charge in [0.1, 0.15) is 0 Å². The lowest BCUT2D eigenvalue weighted by atomic mass is 10.2. The predicted octanol–water partition coefficient (Wildman–Crippen LogP) is -0.0290. The highest BCUT2D eigenvalue weighted by atomic mass is 16.5. The first-order valence-corrected chi connectivity index (χ1v) is 4.43. The van der Waals surface area contributed by atoms with E-state index in [2.05, 4.69) is 5.10 Å². The van der Waals surface area contributed by atoms with E-state index < -0.39 is 17.3 Å². The zero-order chi connectivity index (χ0) is 11.6. The summed E-state index contributed by atoms with van der Waals surface area (Å²) >= 11 is 0. The van der Waals surface area contributed by atoms with E-state index in [1.54, 1.807) is 6.92 Å². The Kier molecular flexibility index (Phi) is 3.08. The summed E-state index contributed by atoms with van der Waals surface area (Å²) in [5.41, 5.74) is -0.548. The molecule has 0 saturated heterocycles. The average molecular weight is 212 g/mol. The zero-order valence-electron chi connectivity index (χ0n) is 8.77. The fraction of sp³-hybridized carbons (Fsp3) is 0.444. The molecule has 0 amide bonds. The highest BCUT2D eigenvalue weighted by Crippen LogP contribution is 2.13. The quantitative estimate of drug-likeness (QED) is 0.696. The van der Waals surface area contributed by atoms with E-state index >= 15 is 0 Å². The number of carbonyl (C=O) groups is 1. The standard InChI is InChI=1S/C9H12N2O4/c1-4-15-9(14)6-5(2)7(12)8(13)11(3)10-6/h12H,4H2,1-3H3. The van der Waals surface area contributed by atoms with Crippen molar-refractivity contribution in [2.24, 2.45) is 7.05 Å². The van der Waals surface area contributed by atoms with Crippen LogP contribution >= 0.6 is 0 Å². The minimum Gasteiger partial charge on any atom is -0.503 e. The summed E-state index contributed by atoms with van der Waals surface area (Å²) in [6.07, 6.45) is 0. The predicted molar refractivity (Wildman–Crippen MR) is 51.8 cm³/mol. The molecule has 0 fully saturated rings. The van der Waals surface area contributed by atoms with Crippen LogP contribution in [-0.2, 0) is 11.8 Å². The molecule has 0 aliphatic heterocycles. The first-order chi connectivity index (χ1) is 6.99. The first-order valence-electron chi connectivity index (χ1n) is 4.43. The Morgan fingerprint density at radius 3 is 2.73 bits per heavy atom. The number of carbonyl (C=O) groups excluding carboxylic acids is 1. The number of hydrogen-bond acceptors (Lipinski definition) is 5. The summed E-state index contributed by atoms with van der Waals surface area (Å²) in [6, 6.07) is 0. The third-order valence-electron chi connectivity index (χ3n) is 1.93. The molecule has 0 aliphatic rings. The van der Waals surface area contributed by atoms with Crippen LogP contribution in [0.2, 0.25) is 0 Å². The van der Waals surface area contributed by atoms with Crippen LogP contribution in [0.1, 0.15) is 23.0 Å². The maximum absolute atomic E-state index is 11.4. The topological polar surface area (TPSA) is 81.4 Å². The second-order valence-electron chi connectivity index (χ2n) is 2.97. The molecule has 0 unspecified atom stereocenters. The minimum absolute atomic E-state index is 0.0450. The number of aryl methyl sites for hydroxylation is 1. The van der Waals surface area contributed by atoms with Gasteiger partial charge in [-0.25, -0.2) is 9.48 Å². The highest BCUT2D eigenvalue weighted by Gasteiger charge is 2.18. The van der Waals surface area contributed by atoms with Crippen LogP contribution in [0.5, 0.6) is 5.75 Å². The van der Waals surface area contributed by atoms with E-state index in [1.165, 1.54) is 14.0 Å². The van der Waals surface area contributed by atoms with Crippen molar-refractivity contribution in [1.29, 1.82) is 0 Å². The number of hydrogen-bond donors (Lipinski definition) is 1. The molecule has 6 nitrogen and oxygen atoms in total. The van der Waals surface area contributed by atoms with Gasteiger partial charge < -0.3 is 9.84 Å². The molecular weight excluding hydrogens is 200 g/mol. The molecule has 0 bridgehead atoms. The molecule has 0 spiro atoms. The maximum atomic E-state index is 11.4. The van der Waals surface area contributed by atoms with E-state index in [4.69, 9.17) is 4.74 Å². The molecule has 0 aromatic carbocycles. The summed E-state index contributed by atoms with van der Waals surface area (Å²) in [4.78, 5) is 22.6. The van der Waals surface area contributed by atoms with Crippen LogP contribution in [0.25, 0.3) is 0 Å². The SMILES string of the molecule is CCOC(=O)c1nn(C)c(=O)c(O)c1C. The fourth-order valence-electron chi connectivity index (χ4n) is 1.09. The van der Waals surface area contributed by atoms with E-state index in [9.17, 15) is 14.7 Å². The van der Waals surface area contributed by atoms with Gasteiger partial charge in [0.15, 0.2) is 11.4 Å². The Bertz CT molecular complexity index is 450. The average Bonchev–Trinajstić information content (AvgIpc) is 2.20. The molecule has 0 radical (unpaired) electrons. The molecular formula is C9H12N2O4. The Labute approximate surface area is 86.1 Å². The summed E-state index contributed by atoms with van der Waals surface area (Å²) in [5, 5.41) is 13.1. The molecule has 1 N–H and O–H groups in total. The largest absolute Gasteiger partial charge is 0.503 e. The van der Waals surface area contributed by atoms with Gasteiger partial charge in [-0.15, -0.1) is 0 Å². The lowest BCUT2D eigenvalue weighted by Gasteiger charge is -2.07. The van der Waals surface area contributed by atoms with Crippen molar-refractivity contribution >= 4 is 5.97 Å². The van der Waals surface area contributed by atoms with Gasteiger partial charge in [-0.1, -0.05) is 0 Å². The van der Waals surface area contributed by atoms with E-state index in [0.717, 1.165) is 4.68 Å². The number of aromatic hydroxyl groups is 1. The smallest absolute Gasteiger partial charge is 0.359 e. The van der Waals surface area contributed by atoms with E-state index in [0.29, 0.717) is 0 Å². The van der Waals surface area contributed by atoms with Gasteiger partial charge in [-0.05, 0) is 13.8 Å². The number of ether oxygens (including phenoxy) is 1. The van der Waals surface area contributed by atoms with Gasteiger partial charge >= 0.3 is 11.5 Å². The number of rotatable bonds is 2. The Morgan fingerprint density at radius 2 is 2.20 bits per heavy atom. The van der Waals surface area contributed by atoms with Gasteiger partial charge in [0, 0.05) is 12.6 Å². The van der Waals surface area contributed by atoms with Gasteiger partial charge in [0.25, 0.3) is 0 Å². The second kappa shape index (κ2) is 4.12. The van der Waals surface area contributed by atoms with Crippen molar-refractivity contribution < 1.29 is 14.6 Å². The Morgan fingerprint density at radius 1 is 1.60 bits per heavy atom. The Hall–Kier alpha value is -1.85. The summed E-state index contributed by atoms with van der Waals surface area (Å²) < 4.78 is 5.63. The molecule has 0 aliphatic carbocycles. The first kappa shape index (κ1) is 11.2. The minimum atomic E-state index is -0.652. The molecule has 1 aromatic rings. The van der Waals surface area contributed by atoms with E-state index in [1.807, 2.05) is 0 Å². The maximum Gasteiger partial charge on any atom is 0.359 e. The van der Waals surface area contributed by atoms with Crippen molar-refractivity contribution in [1.82, 2.24) is 9.78 Å². The highest BCUT2D eigenvalue weighted by molar-refractivity contribution is 5.89. The molecule has 0 atom stereocenters. The molecule has 15 heavy (non-hydrogen) atoms. The second-order valence-corrected chi connectivity index (χ2v) is 2.97.